The summed E-state index contributed by atoms with van der Waals surface area (Å²) in [6.07, 6.45) is -1.13. The molecule has 0 saturated carbocycles. The van der Waals surface area contributed by atoms with E-state index in [1.54, 1.807) is 42.5 Å². The molecule has 0 spiro atoms. The first-order valence-electron chi connectivity index (χ1n) is 5.40. The van der Waals surface area contributed by atoms with Crippen LogP contribution in [0.2, 0.25) is 5.02 Å². The van der Waals surface area contributed by atoms with Crippen molar-refractivity contribution >= 4 is 29.1 Å². The number of amides is 1. The summed E-state index contributed by atoms with van der Waals surface area (Å²) in [6.45, 7) is 0. The minimum atomic E-state index is -1.13. The number of nitrogens with zero attached hydrogens (tertiary/aromatic N) is 2. The molecule has 0 aliphatic heterocycles. The van der Waals surface area contributed by atoms with E-state index in [1.807, 2.05) is 6.07 Å². The number of nitriles is 1. The summed E-state index contributed by atoms with van der Waals surface area (Å²) >= 11 is 5.78. The third-order valence-electron chi connectivity index (χ3n) is 2.51. The summed E-state index contributed by atoms with van der Waals surface area (Å²) in [5, 5.41) is 18.7. The van der Waals surface area contributed by atoms with Gasteiger partial charge in [0.1, 0.15) is 0 Å². The highest BCUT2D eigenvalue weighted by Gasteiger charge is 2.16. The number of rotatable bonds is 2. The normalized spacial score (nSPS) is 9.68. The SMILES string of the molecule is N#Cc1cccc(N(C(=O)O)c2ccc(Cl)cc2)c1. The summed E-state index contributed by atoms with van der Waals surface area (Å²) in [4.78, 5) is 12.5. The average molecular weight is 273 g/mol. The van der Waals surface area contributed by atoms with Crippen molar-refractivity contribution in [1.82, 2.24) is 0 Å². The van der Waals surface area contributed by atoms with Crippen LogP contribution in [0.25, 0.3) is 0 Å². The van der Waals surface area contributed by atoms with Gasteiger partial charge in [-0.05, 0) is 42.5 Å². The second kappa shape index (κ2) is 5.42. The fraction of sp³-hybridized carbons (Fsp3) is 0. The van der Waals surface area contributed by atoms with Crippen LogP contribution in [0.1, 0.15) is 5.56 Å². The highest BCUT2D eigenvalue weighted by molar-refractivity contribution is 6.30. The molecule has 19 heavy (non-hydrogen) atoms. The third kappa shape index (κ3) is 2.84. The Morgan fingerprint density at radius 2 is 1.84 bits per heavy atom. The zero-order valence-electron chi connectivity index (χ0n) is 9.75. The van der Waals surface area contributed by atoms with Crippen molar-refractivity contribution in [1.29, 1.82) is 5.26 Å². The molecule has 0 radical (unpaired) electrons. The number of carbonyl (C=O) groups is 1. The van der Waals surface area contributed by atoms with Gasteiger partial charge in [-0.3, -0.25) is 0 Å². The van der Waals surface area contributed by atoms with Crippen molar-refractivity contribution in [2.75, 3.05) is 4.90 Å². The second-order valence-corrected chi connectivity index (χ2v) is 4.19. The van der Waals surface area contributed by atoms with Gasteiger partial charge in [-0.2, -0.15) is 5.26 Å². The summed E-state index contributed by atoms with van der Waals surface area (Å²) in [5.41, 5.74) is 1.28. The molecule has 2 aromatic carbocycles. The molecule has 1 amide bonds. The van der Waals surface area contributed by atoms with Crippen LogP contribution >= 0.6 is 11.6 Å². The van der Waals surface area contributed by atoms with Gasteiger partial charge in [-0.1, -0.05) is 17.7 Å². The van der Waals surface area contributed by atoms with Crippen LogP contribution in [-0.2, 0) is 0 Å². The number of carboxylic acid groups (broad SMARTS) is 1. The van der Waals surface area contributed by atoms with E-state index < -0.39 is 6.09 Å². The van der Waals surface area contributed by atoms with E-state index in [4.69, 9.17) is 16.9 Å². The van der Waals surface area contributed by atoms with Crippen LogP contribution < -0.4 is 4.90 Å². The monoisotopic (exact) mass is 272 g/mol. The molecule has 0 atom stereocenters. The Morgan fingerprint density at radius 1 is 1.16 bits per heavy atom. The van der Waals surface area contributed by atoms with Gasteiger partial charge in [-0.25, -0.2) is 9.69 Å². The highest BCUT2D eigenvalue weighted by Crippen LogP contribution is 2.27. The summed E-state index contributed by atoms with van der Waals surface area (Å²) < 4.78 is 0. The molecule has 0 fully saturated rings. The van der Waals surface area contributed by atoms with E-state index in [0.29, 0.717) is 22.0 Å². The quantitative estimate of drug-likeness (QED) is 0.898. The maximum Gasteiger partial charge on any atom is 0.416 e. The van der Waals surface area contributed by atoms with E-state index in [-0.39, 0.29) is 0 Å². The standard InChI is InChI=1S/C14H9ClN2O2/c15-11-4-6-12(7-5-11)17(14(18)19)13-3-1-2-10(8-13)9-16/h1-8H,(H,18,19). The van der Waals surface area contributed by atoms with Crippen LogP contribution in [-0.4, -0.2) is 11.2 Å². The Hall–Kier alpha value is -2.51. The maximum atomic E-state index is 11.4. The van der Waals surface area contributed by atoms with Gasteiger partial charge in [0.15, 0.2) is 0 Å². The van der Waals surface area contributed by atoms with Crippen LogP contribution in [0.3, 0.4) is 0 Å². The lowest BCUT2D eigenvalue weighted by Gasteiger charge is -2.19. The first-order valence-corrected chi connectivity index (χ1v) is 5.78. The average Bonchev–Trinajstić information content (AvgIpc) is 2.41. The van der Waals surface area contributed by atoms with E-state index in [0.717, 1.165) is 4.90 Å². The lowest BCUT2D eigenvalue weighted by molar-refractivity contribution is 0.205. The fourth-order valence-corrected chi connectivity index (χ4v) is 1.80. The van der Waals surface area contributed by atoms with E-state index in [2.05, 4.69) is 0 Å². The molecule has 2 rings (SSSR count). The Labute approximate surface area is 115 Å². The van der Waals surface area contributed by atoms with Crippen LogP contribution in [0.15, 0.2) is 48.5 Å². The van der Waals surface area contributed by atoms with E-state index >= 15 is 0 Å². The molecular weight excluding hydrogens is 264 g/mol. The van der Waals surface area contributed by atoms with Gasteiger partial charge in [-0.15, -0.1) is 0 Å². The minimum Gasteiger partial charge on any atom is -0.464 e. The minimum absolute atomic E-state index is 0.401. The summed E-state index contributed by atoms with van der Waals surface area (Å²) in [7, 11) is 0. The van der Waals surface area contributed by atoms with Crippen molar-refractivity contribution in [2.24, 2.45) is 0 Å². The topological polar surface area (TPSA) is 64.3 Å². The first-order chi connectivity index (χ1) is 9.11. The summed E-state index contributed by atoms with van der Waals surface area (Å²) in [6, 6.07) is 14.8. The van der Waals surface area contributed by atoms with Gasteiger partial charge in [0, 0.05) is 5.02 Å². The Bertz CT molecular complexity index is 647. The van der Waals surface area contributed by atoms with Crippen molar-refractivity contribution in [3.8, 4) is 6.07 Å². The number of anilines is 2. The van der Waals surface area contributed by atoms with Crippen LogP contribution in [0, 0.1) is 11.3 Å². The van der Waals surface area contributed by atoms with Gasteiger partial charge in [0.2, 0.25) is 0 Å². The molecule has 0 saturated heterocycles. The lowest BCUT2D eigenvalue weighted by atomic mass is 10.2. The van der Waals surface area contributed by atoms with Crippen LogP contribution in [0.4, 0.5) is 16.2 Å². The number of hydrogen-bond acceptors (Lipinski definition) is 2. The second-order valence-electron chi connectivity index (χ2n) is 3.76. The molecule has 0 unspecified atom stereocenters. The molecule has 0 aliphatic rings. The van der Waals surface area contributed by atoms with Crippen LogP contribution in [0.5, 0.6) is 0 Å². The number of hydrogen-bond donors (Lipinski definition) is 1. The lowest BCUT2D eigenvalue weighted by Crippen LogP contribution is -2.23. The van der Waals surface area contributed by atoms with Gasteiger partial charge < -0.3 is 5.11 Å². The van der Waals surface area contributed by atoms with Crippen molar-refractivity contribution < 1.29 is 9.90 Å². The fourth-order valence-electron chi connectivity index (χ4n) is 1.67. The van der Waals surface area contributed by atoms with Crippen molar-refractivity contribution in [3.05, 3.63) is 59.1 Å². The highest BCUT2D eigenvalue weighted by atomic mass is 35.5. The Balaban J connectivity index is 2.48. The third-order valence-corrected chi connectivity index (χ3v) is 2.76. The predicted molar refractivity (Wildman–Crippen MR) is 72.8 cm³/mol. The molecule has 5 heteroatoms. The maximum absolute atomic E-state index is 11.4. The smallest absolute Gasteiger partial charge is 0.416 e. The molecule has 94 valence electrons. The van der Waals surface area contributed by atoms with Gasteiger partial charge in [0.05, 0.1) is 23.0 Å². The Morgan fingerprint density at radius 3 is 2.42 bits per heavy atom. The molecular formula is C14H9ClN2O2. The Kier molecular flexibility index (Phi) is 3.69. The molecule has 1 N–H and O–H groups in total. The molecule has 2 aromatic rings. The molecule has 0 aliphatic carbocycles. The first kappa shape index (κ1) is 12.9. The van der Waals surface area contributed by atoms with E-state index in [1.165, 1.54) is 6.07 Å². The number of benzene rings is 2. The zero-order chi connectivity index (χ0) is 13.8. The largest absolute Gasteiger partial charge is 0.464 e. The van der Waals surface area contributed by atoms with Gasteiger partial charge in [0.25, 0.3) is 0 Å². The zero-order valence-corrected chi connectivity index (χ0v) is 10.5. The molecule has 0 bridgehead atoms. The van der Waals surface area contributed by atoms with Crippen molar-refractivity contribution in [2.45, 2.75) is 0 Å². The number of halogens is 1. The molecule has 4 nitrogen and oxygen atoms in total. The summed E-state index contributed by atoms with van der Waals surface area (Å²) in [5.74, 6) is 0. The molecule has 0 heterocycles. The van der Waals surface area contributed by atoms with Gasteiger partial charge >= 0.3 is 6.09 Å². The van der Waals surface area contributed by atoms with Crippen molar-refractivity contribution in [3.63, 3.8) is 0 Å². The predicted octanol–water partition coefficient (Wildman–Crippen LogP) is 4.03. The molecule has 0 aromatic heterocycles. The van der Waals surface area contributed by atoms with E-state index in [9.17, 15) is 9.90 Å².